The van der Waals surface area contributed by atoms with Crippen molar-refractivity contribution in [2.24, 2.45) is 17.6 Å². The van der Waals surface area contributed by atoms with Gasteiger partial charge in [-0.25, -0.2) is 0 Å². The molecule has 1 rings (SSSR count). The van der Waals surface area contributed by atoms with Crippen molar-refractivity contribution < 1.29 is 4.79 Å². The van der Waals surface area contributed by atoms with Crippen LogP contribution in [0.2, 0.25) is 0 Å². The number of nitrogens with two attached hydrogens (primary N) is 1. The molecule has 3 nitrogen and oxygen atoms in total. The van der Waals surface area contributed by atoms with E-state index in [9.17, 15) is 4.79 Å². The number of hydrogen-bond acceptors (Lipinski definition) is 2. The van der Waals surface area contributed by atoms with Gasteiger partial charge in [0.1, 0.15) is 0 Å². The molecule has 2 unspecified atom stereocenters. The molecule has 100 valence electrons. The first-order chi connectivity index (χ1) is 8.00. The largest absolute Gasteiger partial charge is 0.352 e. The number of carbonyl (C=O) groups is 1. The fourth-order valence-corrected chi connectivity index (χ4v) is 2.39. The average Bonchev–Trinajstić information content (AvgIpc) is 2.29. The zero-order valence-electron chi connectivity index (χ0n) is 11.5. The van der Waals surface area contributed by atoms with Crippen molar-refractivity contribution in [3.63, 3.8) is 0 Å². The molecule has 1 aliphatic rings. The van der Waals surface area contributed by atoms with Crippen LogP contribution in [0.4, 0.5) is 0 Å². The van der Waals surface area contributed by atoms with Crippen LogP contribution in [0.5, 0.6) is 0 Å². The minimum atomic E-state index is -0.320. The smallest absolute Gasteiger partial charge is 0.237 e. The number of amides is 1. The molecule has 0 aromatic carbocycles. The second-order valence-electron chi connectivity index (χ2n) is 5.89. The summed E-state index contributed by atoms with van der Waals surface area (Å²) < 4.78 is 0. The van der Waals surface area contributed by atoms with E-state index in [0.29, 0.717) is 11.8 Å². The van der Waals surface area contributed by atoms with Crippen molar-refractivity contribution in [3.8, 4) is 0 Å². The SMILES string of the molecule is CC(C)C(C)NC(=O)C(N)CC1CCCCC1. The lowest BCUT2D eigenvalue weighted by Gasteiger charge is -2.25. The van der Waals surface area contributed by atoms with E-state index in [1.165, 1.54) is 32.1 Å². The molecule has 2 atom stereocenters. The van der Waals surface area contributed by atoms with Crippen LogP contribution < -0.4 is 11.1 Å². The van der Waals surface area contributed by atoms with Gasteiger partial charge in [0.25, 0.3) is 0 Å². The molecule has 0 aliphatic heterocycles. The Hall–Kier alpha value is -0.570. The monoisotopic (exact) mass is 240 g/mol. The maximum Gasteiger partial charge on any atom is 0.237 e. The summed E-state index contributed by atoms with van der Waals surface area (Å²) in [6, 6.07) is -0.112. The molecule has 1 saturated carbocycles. The number of carbonyl (C=O) groups excluding carboxylic acids is 1. The van der Waals surface area contributed by atoms with E-state index in [-0.39, 0.29) is 18.0 Å². The van der Waals surface area contributed by atoms with Crippen LogP contribution in [0.25, 0.3) is 0 Å². The predicted molar refractivity (Wildman–Crippen MR) is 71.6 cm³/mol. The normalized spacial score (nSPS) is 21.2. The van der Waals surface area contributed by atoms with Crippen molar-refractivity contribution in [1.29, 1.82) is 0 Å². The quantitative estimate of drug-likeness (QED) is 0.775. The number of hydrogen-bond donors (Lipinski definition) is 2. The van der Waals surface area contributed by atoms with Crippen LogP contribution >= 0.6 is 0 Å². The lowest BCUT2D eigenvalue weighted by molar-refractivity contribution is -0.123. The third-order valence-corrected chi connectivity index (χ3v) is 4.02. The molecule has 0 aromatic rings. The number of rotatable bonds is 5. The first kappa shape index (κ1) is 14.5. The second kappa shape index (κ2) is 7.00. The van der Waals surface area contributed by atoms with Gasteiger partial charge in [-0.15, -0.1) is 0 Å². The van der Waals surface area contributed by atoms with Crippen LogP contribution in [0.1, 0.15) is 59.3 Å². The molecule has 1 amide bonds. The standard InChI is InChI=1S/C14H28N2O/c1-10(2)11(3)16-14(17)13(15)9-12-7-5-4-6-8-12/h10-13H,4-9,15H2,1-3H3,(H,16,17). The van der Waals surface area contributed by atoms with Crippen LogP contribution in [-0.2, 0) is 4.79 Å². The van der Waals surface area contributed by atoms with Crippen molar-refractivity contribution >= 4 is 5.91 Å². The fraction of sp³-hybridized carbons (Fsp3) is 0.929. The lowest BCUT2D eigenvalue weighted by Crippen LogP contribution is -2.46. The van der Waals surface area contributed by atoms with E-state index in [1.54, 1.807) is 0 Å². The minimum Gasteiger partial charge on any atom is -0.352 e. The molecule has 0 aromatic heterocycles. The van der Waals surface area contributed by atoms with Crippen molar-refractivity contribution in [2.45, 2.75) is 71.4 Å². The van der Waals surface area contributed by atoms with Gasteiger partial charge in [0.05, 0.1) is 6.04 Å². The minimum absolute atomic E-state index is 0.0248. The molecule has 1 fully saturated rings. The van der Waals surface area contributed by atoms with Gasteiger partial charge in [0.15, 0.2) is 0 Å². The van der Waals surface area contributed by atoms with Gasteiger partial charge < -0.3 is 11.1 Å². The third-order valence-electron chi connectivity index (χ3n) is 4.02. The maximum absolute atomic E-state index is 11.9. The van der Waals surface area contributed by atoms with E-state index < -0.39 is 0 Å². The van der Waals surface area contributed by atoms with Gasteiger partial charge in [-0.3, -0.25) is 4.79 Å². The van der Waals surface area contributed by atoms with Gasteiger partial charge >= 0.3 is 0 Å². The Bertz CT molecular complexity index is 234. The van der Waals surface area contributed by atoms with Gasteiger partial charge in [0, 0.05) is 6.04 Å². The van der Waals surface area contributed by atoms with Gasteiger partial charge in [0.2, 0.25) is 5.91 Å². The van der Waals surface area contributed by atoms with E-state index in [4.69, 9.17) is 5.73 Å². The molecule has 0 heterocycles. The fourth-order valence-electron chi connectivity index (χ4n) is 2.39. The van der Waals surface area contributed by atoms with Crippen molar-refractivity contribution in [1.82, 2.24) is 5.32 Å². The van der Waals surface area contributed by atoms with Crippen molar-refractivity contribution in [3.05, 3.63) is 0 Å². The summed E-state index contributed by atoms with van der Waals surface area (Å²) in [7, 11) is 0. The summed E-state index contributed by atoms with van der Waals surface area (Å²) in [4.78, 5) is 11.9. The topological polar surface area (TPSA) is 55.1 Å². The van der Waals surface area contributed by atoms with E-state index in [2.05, 4.69) is 19.2 Å². The van der Waals surface area contributed by atoms with Gasteiger partial charge in [-0.05, 0) is 25.2 Å². The molecule has 3 N–H and O–H groups in total. The molecule has 0 saturated heterocycles. The van der Waals surface area contributed by atoms with E-state index in [1.807, 2.05) is 6.92 Å². The summed E-state index contributed by atoms with van der Waals surface area (Å²) in [5.74, 6) is 1.15. The molecule has 17 heavy (non-hydrogen) atoms. The predicted octanol–water partition coefficient (Wildman–Crippen LogP) is 2.44. The average molecular weight is 240 g/mol. The Morgan fingerprint density at radius 1 is 1.24 bits per heavy atom. The Labute approximate surface area is 106 Å². The van der Waals surface area contributed by atoms with Crippen molar-refractivity contribution in [2.75, 3.05) is 0 Å². The van der Waals surface area contributed by atoms with E-state index in [0.717, 1.165) is 6.42 Å². The Kier molecular flexibility index (Phi) is 5.96. The molecular formula is C14H28N2O. The highest BCUT2D eigenvalue weighted by atomic mass is 16.2. The van der Waals surface area contributed by atoms with Crippen LogP contribution in [0.3, 0.4) is 0 Å². The Morgan fingerprint density at radius 2 is 1.82 bits per heavy atom. The zero-order valence-corrected chi connectivity index (χ0v) is 11.5. The van der Waals surface area contributed by atoms with Crippen LogP contribution in [-0.4, -0.2) is 18.0 Å². The maximum atomic E-state index is 11.9. The molecule has 0 bridgehead atoms. The molecule has 0 spiro atoms. The van der Waals surface area contributed by atoms with Crippen LogP contribution in [0, 0.1) is 11.8 Å². The lowest BCUT2D eigenvalue weighted by atomic mass is 9.85. The molecular weight excluding hydrogens is 212 g/mol. The highest BCUT2D eigenvalue weighted by molar-refractivity contribution is 5.81. The summed E-state index contributed by atoms with van der Waals surface area (Å²) in [6.07, 6.45) is 7.32. The second-order valence-corrected chi connectivity index (χ2v) is 5.89. The molecule has 3 heteroatoms. The Morgan fingerprint density at radius 3 is 2.35 bits per heavy atom. The van der Waals surface area contributed by atoms with Crippen LogP contribution in [0.15, 0.2) is 0 Å². The first-order valence-corrected chi connectivity index (χ1v) is 7.06. The third kappa shape index (κ3) is 5.07. The van der Waals surface area contributed by atoms with Gasteiger partial charge in [-0.2, -0.15) is 0 Å². The van der Waals surface area contributed by atoms with E-state index >= 15 is 0 Å². The molecule has 0 radical (unpaired) electrons. The zero-order chi connectivity index (χ0) is 12.8. The summed E-state index contributed by atoms with van der Waals surface area (Å²) in [5.41, 5.74) is 5.98. The van der Waals surface area contributed by atoms with Gasteiger partial charge in [-0.1, -0.05) is 46.0 Å². The highest BCUT2D eigenvalue weighted by Crippen LogP contribution is 2.26. The number of nitrogens with one attached hydrogen (secondary N) is 1. The first-order valence-electron chi connectivity index (χ1n) is 7.06. The Balaban J connectivity index is 2.30. The summed E-state index contributed by atoms with van der Waals surface area (Å²) in [6.45, 7) is 6.26. The summed E-state index contributed by atoms with van der Waals surface area (Å²) >= 11 is 0. The molecule has 1 aliphatic carbocycles. The summed E-state index contributed by atoms with van der Waals surface area (Å²) in [5, 5.41) is 3.00. The highest BCUT2D eigenvalue weighted by Gasteiger charge is 2.22.